The highest BCUT2D eigenvalue weighted by molar-refractivity contribution is 7.91. The fraction of sp³-hybridized carbons (Fsp3) is 0.588. The minimum atomic E-state index is -2.98. The molecule has 2 aliphatic rings. The van der Waals surface area contributed by atoms with E-state index >= 15 is 0 Å². The molecule has 2 heterocycles. The highest BCUT2D eigenvalue weighted by Gasteiger charge is 2.34. The number of hydrogen-bond donors (Lipinski definition) is 1. The van der Waals surface area contributed by atoms with Crippen LogP contribution in [0.25, 0.3) is 0 Å². The third-order valence-corrected chi connectivity index (χ3v) is 6.96. The molecule has 1 amide bonds. The van der Waals surface area contributed by atoms with Gasteiger partial charge in [-0.3, -0.25) is 4.79 Å². The largest absolute Gasteiger partial charge is 0.360 e. The maximum atomic E-state index is 13.0. The molecule has 0 saturated carbocycles. The van der Waals surface area contributed by atoms with E-state index in [1.807, 2.05) is 0 Å². The van der Waals surface area contributed by atoms with Crippen molar-refractivity contribution in [3.63, 3.8) is 0 Å². The van der Waals surface area contributed by atoms with Gasteiger partial charge in [-0.25, -0.2) is 12.8 Å². The standard InChI is InChI=1S/C17H24FN3O3S/c1-19(16-6-11-25(23,24)13-16)17(22)12-20-7-9-21(10-8-20)15-4-2-14(18)3-5-15/h2-5,16H,6-13H2,1H3/p+1/t16-/m0/s1. The number of rotatable bonds is 4. The van der Waals surface area contributed by atoms with Crippen LogP contribution in [0.1, 0.15) is 6.42 Å². The van der Waals surface area contributed by atoms with E-state index in [2.05, 4.69) is 4.90 Å². The van der Waals surface area contributed by atoms with Gasteiger partial charge in [0.1, 0.15) is 5.82 Å². The summed E-state index contributed by atoms with van der Waals surface area (Å²) in [5.74, 6) is 0.0319. The average Bonchev–Trinajstić information content (AvgIpc) is 2.95. The molecule has 1 aromatic carbocycles. The van der Waals surface area contributed by atoms with E-state index in [0.717, 1.165) is 31.9 Å². The zero-order valence-electron chi connectivity index (χ0n) is 14.4. The van der Waals surface area contributed by atoms with Crippen molar-refractivity contribution in [2.24, 2.45) is 0 Å². The number of halogens is 1. The Labute approximate surface area is 148 Å². The first-order valence-electron chi connectivity index (χ1n) is 8.64. The summed E-state index contributed by atoms with van der Waals surface area (Å²) in [6.07, 6.45) is 0.540. The van der Waals surface area contributed by atoms with Crippen molar-refractivity contribution >= 4 is 21.4 Å². The van der Waals surface area contributed by atoms with E-state index in [4.69, 9.17) is 0 Å². The van der Waals surface area contributed by atoms with Crippen LogP contribution < -0.4 is 9.80 Å². The van der Waals surface area contributed by atoms with Crippen molar-refractivity contribution in [2.45, 2.75) is 12.5 Å². The number of benzene rings is 1. The number of piperazine rings is 1. The topological polar surface area (TPSA) is 62.1 Å². The number of nitrogens with one attached hydrogen (secondary N) is 1. The molecular weight excluding hydrogens is 345 g/mol. The van der Waals surface area contributed by atoms with Crippen LogP contribution in [0.2, 0.25) is 0 Å². The van der Waals surface area contributed by atoms with Gasteiger partial charge < -0.3 is 14.7 Å². The van der Waals surface area contributed by atoms with E-state index in [9.17, 15) is 17.6 Å². The maximum absolute atomic E-state index is 13.0. The molecule has 6 nitrogen and oxygen atoms in total. The first-order valence-corrected chi connectivity index (χ1v) is 10.5. The lowest BCUT2D eigenvalue weighted by Crippen LogP contribution is -3.16. The summed E-state index contributed by atoms with van der Waals surface area (Å²) in [4.78, 5) is 17.5. The summed E-state index contributed by atoms with van der Waals surface area (Å²) >= 11 is 0. The number of amides is 1. The lowest BCUT2D eigenvalue weighted by molar-refractivity contribution is -0.892. The van der Waals surface area contributed by atoms with Crippen molar-refractivity contribution in [2.75, 3.05) is 56.2 Å². The molecule has 2 aliphatic heterocycles. The second-order valence-electron chi connectivity index (χ2n) is 6.95. The molecule has 3 rings (SSSR count). The smallest absolute Gasteiger partial charge is 0.277 e. The van der Waals surface area contributed by atoms with Gasteiger partial charge in [-0.05, 0) is 30.7 Å². The average molecular weight is 370 g/mol. The third kappa shape index (κ3) is 4.49. The molecule has 1 atom stereocenters. The van der Waals surface area contributed by atoms with Crippen molar-refractivity contribution < 1.29 is 22.5 Å². The normalized spacial score (nSPS) is 23.6. The molecule has 0 bridgehead atoms. The Balaban J connectivity index is 1.48. The first kappa shape index (κ1) is 18.1. The van der Waals surface area contributed by atoms with Gasteiger partial charge in [0.15, 0.2) is 16.4 Å². The van der Waals surface area contributed by atoms with Crippen LogP contribution in [0.5, 0.6) is 0 Å². The molecule has 1 N–H and O–H groups in total. The summed E-state index contributed by atoms with van der Waals surface area (Å²) in [7, 11) is -1.27. The predicted octanol–water partition coefficient (Wildman–Crippen LogP) is -0.824. The van der Waals surface area contributed by atoms with Crippen molar-refractivity contribution in [1.29, 1.82) is 0 Å². The van der Waals surface area contributed by atoms with Gasteiger partial charge in [0.25, 0.3) is 5.91 Å². The molecule has 0 aliphatic carbocycles. The summed E-state index contributed by atoms with van der Waals surface area (Å²) in [6, 6.07) is 6.29. The molecular formula is C17H25FN3O3S+. The number of anilines is 1. The monoisotopic (exact) mass is 370 g/mol. The van der Waals surface area contributed by atoms with Crippen molar-refractivity contribution in [3.05, 3.63) is 30.1 Å². The summed E-state index contributed by atoms with van der Waals surface area (Å²) in [5, 5.41) is 0. The number of carbonyl (C=O) groups is 1. The number of sulfone groups is 1. The minimum Gasteiger partial charge on any atom is -0.360 e. The highest BCUT2D eigenvalue weighted by atomic mass is 32.2. The second kappa shape index (κ2) is 7.29. The molecule has 0 radical (unpaired) electrons. The van der Waals surface area contributed by atoms with E-state index in [0.29, 0.717) is 13.0 Å². The lowest BCUT2D eigenvalue weighted by atomic mass is 10.2. The van der Waals surface area contributed by atoms with Gasteiger partial charge in [0.2, 0.25) is 0 Å². The molecule has 2 saturated heterocycles. The minimum absolute atomic E-state index is 0.00679. The molecule has 0 spiro atoms. The zero-order chi connectivity index (χ0) is 18.0. The van der Waals surface area contributed by atoms with Crippen molar-refractivity contribution in [3.8, 4) is 0 Å². The van der Waals surface area contributed by atoms with E-state index in [1.165, 1.54) is 17.0 Å². The van der Waals surface area contributed by atoms with Crippen LogP contribution in [0.15, 0.2) is 24.3 Å². The van der Waals surface area contributed by atoms with Gasteiger partial charge in [-0.1, -0.05) is 0 Å². The SMILES string of the molecule is CN(C(=O)C[NH+]1CCN(c2ccc(F)cc2)CC1)[C@H]1CCS(=O)(=O)C1. The van der Waals surface area contributed by atoms with Gasteiger partial charge in [0.05, 0.1) is 37.7 Å². The number of carbonyl (C=O) groups excluding carboxylic acids is 1. The Morgan fingerprint density at radius 2 is 1.92 bits per heavy atom. The van der Waals surface area contributed by atoms with Gasteiger partial charge in [0, 0.05) is 18.8 Å². The second-order valence-corrected chi connectivity index (χ2v) is 9.18. The Hall–Kier alpha value is -1.67. The molecule has 8 heteroatoms. The van der Waals surface area contributed by atoms with Crippen LogP contribution in [-0.4, -0.2) is 76.5 Å². The molecule has 0 unspecified atom stereocenters. The quantitative estimate of drug-likeness (QED) is 0.752. The maximum Gasteiger partial charge on any atom is 0.277 e. The molecule has 1 aromatic rings. The lowest BCUT2D eigenvalue weighted by Gasteiger charge is -2.34. The first-order chi connectivity index (χ1) is 11.8. The summed E-state index contributed by atoms with van der Waals surface area (Å²) in [5.41, 5.74) is 1.00. The van der Waals surface area contributed by atoms with Crippen LogP contribution in [0.4, 0.5) is 10.1 Å². The molecule has 138 valence electrons. The van der Waals surface area contributed by atoms with E-state index in [1.54, 1.807) is 24.1 Å². The molecule has 0 aromatic heterocycles. The third-order valence-electron chi connectivity index (χ3n) is 5.21. The number of hydrogen-bond acceptors (Lipinski definition) is 4. The van der Waals surface area contributed by atoms with Crippen LogP contribution in [0, 0.1) is 5.82 Å². The fourth-order valence-corrected chi connectivity index (χ4v) is 5.31. The van der Waals surface area contributed by atoms with Crippen LogP contribution >= 0.6 is 0 Å². The summed E-state index contributed by atoms with van der Waals surface area (Å²) in [6.45, 7) is 3.69. The Morgan fingerprint density at radius 1 is 1.28 bits per heavy atom. The molecule has 2 fully saturated rings. The van der Waals surface area contributed by atoms with E-state index in [-0.39, 0.29) is 29.3 Å². The van der Waals surface area contributed by atoms with Crippen LogP contribution in [0.3, 0.4) is 0 Å². The Kier molecular flexibility index (Phi) is 5.29. The fourth-order valence-electron chi connectivity index (χ4n) is 3.53. The number of quaternary nitrogens is 1. The van der Waals surface area contributed by atoms with Gasteiger partial charge in [-0.2, -0.15) is 0 Å². The Morgan fingerprint density at radius 3 is 2.48 bits per heavy atom. The van der Waals surface area contributed by atoms with Crippen LogP contribution in [-0.2, 0) is 14.6 Å². The zero-order valence-corrected chi connectivity index (χ0v) is 15.3. The van der Waals surface area contributed by atoms with E-state index < -0.39 is 9.84 Å². The van der Waals surface area contributed by atoms with Crippen molar-refractivity contribution in [1.82, 2.24) is 4.90 Å². The summed E-state index contributed by atoms with van der Waals surface area (Å²) < 4.78 is 36.2. The molecule has 25 heavy (non-hydrogen) atoms. The number of nitrogens with zero attached hydrogens (tertiary/aromatic N) is 2. The predicted molar refractivity (Wildman–Crippen MR) is 94.0 cm³/mol. The van der Waals surface area contributed by atoms with Gasteiger partial charge in [-0.15, -0.1) is 0 Å². The Bertz CT molecular complexity index is 715. The number of likely N-dealkylation sites (N-methyl/N-ethyl adjacent to an activating group) is 1. The van der Waals surface area contributed by atoms with Gasteiger partial charge >= 0.3 is 0 Å². The highest BCUT2D eigenvalue weighted by Crippen LogP contribution is 2.16.